The van der Waals surface area contributed by atoms with Crippen LogP contribution in [0.15, 0.2) is 28.9 Å². The van der Waals surface area contributed by atoms with Gasteiger partial charge in [0.15, 0.2) is 0 Å². The maximum absolute atomic E-state index is 13.0. The smallest absolute Gasteiger partial charge is 0.407 e. The third kappa shape index (κ3) is 7.48. The second-order valence-corrected chi connectivity index (χ2v) is 12.3. The third-order valence-electron chi connectivity index (χ3n) is 7.27. The molecule has 1 aromatic heterocycles. The quantitative estimate of drug-likeness (QED) is 0.436. The van der Waals surface area contributed by atoms with Gasteiger partial charge in [-0.1, -0.05) is 35.2 Å². The highest BCUT2D eigenvalue weighted by Gasteiger charge is 2.26. The summed E-state index contributed by atoms with van der Waals surface area (Å²) in [4.78, 5) is 25.0. The molecule has 0 bridgehead atoms. The second-order valence-electron chi connectivity index (χ2n) is 11.4. The summed E-state index contributed by atoms with van der Waals surface area (Å²) < 4.78 is 8.78. The van der Waals surface area contributed by atoms with Crippen LogP contribution < -0.4 is 10.6 Å². The SMILES string of the molecule is CC(C)(C)OC(=O)NC1CCC(NC(=O)Cc2cn(CC3CCCCC3)c3ccc(Br)cc23)CC1. The first-order valence-electron chi connectivity index (χ1n) is 13.2. The molecule has 192 valence electrons. The molecular formula is C28H40BrN3O3. The lowest BCUT2D eigenvalue weighted by Crippen LogP contribution is -2.45. The Morgan fingerprint density at radius 3 is 2.31 bits per heavy atom. The molecule has 0 unspecified atom stereocenters. The van der Waals surface area contributed by atoms with Gasteiger partial charge < -0.3 is 19.9 Å². The topological polar surface area (TPSA) is 72.4 Å². The van der Waals surface area contributed by atoms with E-state index >= 15 is 0 Å². The van der Waals surface area contributed by atoms with Crippen molar-refractivity contribution in [3.05, 3.63) is 34.4 Å². The highest BCUT2D eigenvalue weighted by molar-refractivity contribution is 9.10. The van der Waals surface area contributed by atoms with Crippen LogP contribution in [-0.4, -0.2) is 34.3 Å². The van der Waals surface area contributed by atoms with E-state index in [0.29, 0.717) is 6.42 Å². The highest BCUT2D eigenvalue weighted by Crippen LogP contribution is 2.30. The lowest BCUT2D eigenvalue weighted by Gasteiger charge is -2.30. The monoisotopic (exact) mass is 545 g/mol. The number of carbonyl (C=O) groups excluding carboxylic acids is 2. The average Bonchev–Trinajstić information content (AvgIpc) is 3.10. The lowest BCUT2D eigenvalue weighted by atomic mass is 9.89. The van der Waals surface area contributed by atoms with E-state index in [1.807, 2.05) is 20.8 Å². The zero-order chi connectivity index (χ0) is 25.0. The normalized spacial score (nSPS) is 21.6. The molecule has 7 heteroatoms. The zero-order valence-corrected chi connectivity index (χ0v) is 23.0. The highest BCUT2D eigenvalue weighted by atomic mass is 79.9. The van der Waals surface area contributed by atoms with Crippen molar-refractivity contribution < 1.29 is 14.3 Å². The van der Waals surface area contributed by atoms with Crippen LogP contribution in [0.4, 0.5) is 4.79 Å². The van der Waals surface area contributed by atoms with Crippen molar-refractivity contribution in [2.24, 2.45) is 5.92 Å². The van der Waals surface area contributed by atoms with Gasteiger partial charge in [-0.2, -0.15) is 0 Å². The van der Waals surface area contributed by atoms with Gasteiger partial charge in [-0.15, -0.1) is 0 Å². The number of rotatable bonds is 6. The van der Waals surface area contributed by atoms with E-state index in [-0.39, 0.29) is 24.1 Å². The Morgan fingerprint density at radius 1 is 1.00 bits per heavy atom. The minimum absolute atomic E-state index is 0.0743. The summed E-state index contributed by atoms with van der Waals surface area (Å²) >= 11 is 3.61. The van der Waals surface area contributed by atoms with Gasteiger partial charge in [0.2, 0.25) is 5.91 Å². The summed E-state index contributed by atoms with van der Waals surface area (Å²) in [5.41, 5.74) is 1.81. The number of benzene rings is 1. The van der Waals surface area contributed by atoms with Gasteiger partial charge in [0.25, 0.3) is 0 Å². The van der Waals surface area contributed by atoms with Crippen LogP contribution in [0.1, 0.15) is 84.1 Å². The Balaban J connectivity index is 1.33. The number of hydrogen-bond donors (Lipinski definition) is 2. The molecule has 0 aliphatic heterocycles. The Bertz CT molecular complexity index is 1030. The van der Waals surface area contributed by atoms with Crippen LogP contribution in [-0.2, 0) is 22.5 Å². The fraction of sp³-hybridized carbons (Fsp3) is 0.643. The Hall–Kier alpha value is -2.02. The number of halogens is 1. The number of amides is 2. The predicted molar refractivity (Wildman–Crippen MR) is 143 cm³/mol. The molecule has 2 aliphatic carbocycles. The molecule has 35 heavy (non-hydrogen) atoms. The standard InChI is InChI=1S/C28H40BrN3O3/c1-28(2,3)35-27(34)31-23-12-10-22(11-13-23)30-26(33)15-20-18-32(17-19-7-5-4-6-8-19)25-14-9-21(29)16-24(20)25/h9,14,16,18-19,22-23H,4-8,10-13,15,17H2,1-3H3,(H,30,33)(H,31,34). The number of aromatic nitrogens is 1. The van der Waals surface area contributed by atoms with Crippen LogP contribution >= 0.6 is 15.9 Å². The van der Waals surface area contributed by atoms with Crippen molar-refractivity contribution >= 4 is 38.8 Å². The van der Waals surface area contributed by atoms with E-state index in [2.05, 4.69) is 55.5 Å². The summed E-state index contributed by atoms with van der Waals surface area (Å²) in [5, 5.41) is 7.38. The number of fused-ring (bicyclic) bond motifs is 1. The van der Waals surface area contributed by atoms with Crippen molar-refractivity contribution in [3.63, 3.8) is 0 Å². The minimum atomic E-state index is -0.496. The Labute approximate surface area is 217 Å². The third-order valence-corrected chi connectivity index (χ3v) is 7.76. The number of hydrogen-bond acceptors (Lipinski definition) is 3. The van der Waals surface area contributed by atoms with E-state index in [4.69, 9.17) is 4.74 Å². The summed E-state index contributed by atoms with van der Waals surface area (Å²) in [7, 11) is 0. The van der Waals surface area contributed by atoms with Crippen molar-refractivity contribution in [2.75, 3.05) is 0 Å². The van der Waals surface area contributed by atoms with Crippen LogP contribution in [0.25, 0.3) is 10.9 Å². The van der Waals surface area contributed by atoms with Crippen LogP contribution in [0.3, 0.4) is 0 Å². The first kappa shape index (κ1) is 26.1. The molecule has 6 nitrogen and oxygen atoms in total. The summed E-state index contributed by atoms with van der Waals surface area (Å²) in [5.74, 6) is 0.805. The molecule has 1 aromatic carbocycles. The van der Waals surface area contributed by atoms with Gasteiger partial charge in [0.05, 0.1) is 6.42 Å². The zero-order valence-electron chi connectivity index (χ0n) is 21.4. The van der Waals surface area contributed by atoms with Crippen molar-refractivity contribution in [1.82, 2.24) is 15.2 Å². The Morgan fingerprint density at radius 2 is 1.66 bits per heavy atom. The average molecular weight is 547 g/mol. The molecule has 1 heterocycles. The molecule has 4 rings (SSSR count). The lowest BCUT2D eigenvalue weighted by molar-refractivity contribution is -0.121. The summed E-state index contributed by atoms with van der Waals surface area (Å²) in [6, 6.07) is 6.66. The van der Waals surface area contributed by atoms with E-state index in [0.717, 1.165) is 53.6 Å². The number of nitrogens with one attached hydrogen (secondary N) is 2. The molecule has 2 aromatic rings. The Kier molecular flexibility index (Phi) is 8.46. The number of nitrogens with zero attached hydrogens (tertiary/aromatic N) is 1. The van der Waals surface area contributed by atoms with Gasteiger partial charge in [-0.25, -0.2) is 4.79 Å². The molecule has 0 saturated heterocycles. The van der Waals surface area contributed by atoms with Crippen molar-refractivity contribution in [3.8, 4) is 0 Å². The van der Waals surface area contributed by atoms with E-state index < -0.39 is 5.60 Å². The van der Waals surface area contributed by atoms with Gasteiger partial charge in [0, 0.05) is 40.2 Å². The van der Waals surface area contributed by atoms with E-state index in [1.54, 1.807) is 0 Å². The molecule has 2 N–H and O–H groups in total. The molecule has 0 spiro atoms. The first-order chi connectivity index (χ1) is 16.7. The fourth-order valence-corrected chi connectivity index (χ4v) is 5.95. The van der Waals surface area contributed by atoms with Crippen molar-refractivity contribution in [2.45, 2.75) is 109 Å². The minimum Gasteiger partial charge on any atom is -0.444 e. The van der Waals surface area contributed by atoms with Crippen molar-refractivity contribution in [1.29, 1.82) is 0 Å². The van der Waals surface area contributed by atoms with Crippen LogP contribution in [0.5, 0.6) is 0 Å². The summed E-state index contributed by atoms with van der Waals surface area (Å²) in [6.07, 6.45) is 12.3. The molecule has 2 fully saturated rings. The molecule has 0 radical (unpaired) electrons. The molecule has 2 amide bonds. The van der Waals surface area contributed by atoms with Crippen LogP contribution in [0, 0.1) is 5.92 Å². The number of alkyl carbamates (subject to hydrolysis) is 1. The fourth-order valence-electron chi connectivity index (χ4n) is 5.59. The van der Waals surface area contributed by atoms with Gasteiger partial charge >= 0.3 is 6.09 Å². The predicted octanol–water partition coefficient (Wildman–Crippen LogP) is 6.48. The molecule has 0 atom stereocenters. The van der Waals surface area contributed by atoms with E-state index in [9.17, 15) is 9.59 Å². The molecular weight excluding hydrogens is 506 g/mol. The first-order valence-corrected chi connectivity index (χ1v) is 14.0. The molecule has 2 aliphatic rings. The van der Waals surface area contributed by atoms with E-state index in [1.165, 1.54) is 37.6 Å². The van der Waals surface area contributed by atoms with Gasteiger partial charge in [0.1, 0.15) is 5.60 Å². The van der Waals surface area contributed by atoms with Gasteiger partial charge in [-0.05, 0) is 89.0 Å². The second kappa shape index (κ2) is 11.4. The maximum Gasteiger partial charge on any atom is 0.407 e. The molecule has 2 saturated carbocycles. The van der Waals surface area contributed by atoms with Gasteiger partial charge in [-0.3, -0.25) is 4.79 Å². The summed E-state index contributed by atoms with van der Waals surface area (Å²) in [6.45, 7) is 6.63. The largest absolute Gasteiger partial charge is 0.444 e. The van der Waals surface area contributed by atoms with Crippen LogP contribution in [0.2, 0.25) is 0 Å². The number of ether oxygens (including phenoxy) is 1. The maximum atomic E-state index is 13.0. The number of carbonyl (C=O) groups is 2.